The van der Waals surface area contributed by atoms with Crippen molar-refractivity contribution < 1.29 is 9.84 Å². The zero-order valence-electron chi connectivity index (χ0n) is 9.20. The minimum absolute atomic E-state index is 0.0466. The van der Waals surface area contributed by atoms with Gasteiger partial charge in [0, 0.05) is 5.69 Å². The van der Waals surface area contributed by atoms with Gasteiger partial charge < -0.3 is 14.8 Å². The molecule has 90 valence electrons. The van der Waals surface area contributed by atoms with E-state index in [-0.39, 0.29) is 10.8 Å². The maximum absolute atomic E-state index is 9.66. The number of methoxy groups -OCH3 is 1. The number of nitrogens with one attached hydrogen (secondary N) is 1. The summed E-state index contributed by atoms with van der Waals surface area (Å²) >= 11 is 12.5. The lowest BCUT2D eigenvalue weighted by molar-refractivity contribution is 0.374. The standard InChI is InChI=1S/C11H10ClNO2S2/c1-5-10(17-11(16)13-5)6-3-7(12)9(14)8(4-6)15-2/h3-4,14H,1-2H3,(H,13,16). The van der Waals surface area contributed by atoms with E-state index in [1.165, 1.54) is 18.4 Å². The average molecular weight is 288 g/mol. The Bertz CT molecular complexity index is 618. The number of aromatic hydroxyl groups is 1. The summed E-state index contributed by atoms with van der Waals surface area (Å²) in [5, 5.41) is 9.92. The van der Waals surface area contributed by atoms with Crippen LogP contribution in [0.25, 0.3) is 10.4 Å². The lowest BCUT2D eigenvalue weighted by atomic mass is 10.1. The van der Waals surface area contributed by atoms with Gasteiger partial charge in [0.2, 0.25) is 0 Å². The van der Waals surface area contributed by atoms with E-state index in [1.807, 2.05) is 6.92 Å². The van der Waals surface area contributed by atoms with Gasteiger partial charge in [-0.05, 0) is 36.8 Å². The summed E-state index contributed by atoms with van der Waals surface area (Å²) in [6.07, 6.45) is 0. The number of aromatic amines is 1. The molecule has 1 aromatic carbocycles. The topological polar surface area (TPSA) is 45.2 Å². The van der Waals surface area contributed by atoms with E-state index >= 15 is 0 Å². The Morgan fingerprint density at radius 3 is 2.71 bits per heavy atom. The first-order chi connectivity index (χ1) is 8.02. The molecule has 0 atom stereocenters. The van der Waals surface area contributed by atoms with E-state index < -0.39 is 0 Å². The minimum Gasteiger partial charge on any atom is -0.503 e. The van der Waals surface area contributed by atoms with Crippen molar-refractivity contribution in [1.29, 1.82) is 0 Å². The second-order valence-corrected chi connectivity index (χ2v) is 5.57. The number of aromatic nitrogens is 1. The second kappa shape index (κ2) is 4.68. The Morgan fingerprint density at radius 1 is 1.47 bits per heavy atom. The fourth-order valence-electron chi connectivity index (χ4n) is 1.54. The summed E-state index contributed by atoms with van der Waals surface area (Å²) in [4.78, 5) is 4.06. The number of phenolic OH excluding ortho intramolecular Hbond substituents is 1. The second-order valence-electron chi connectivity index (χ2n) is 3.48. The van der Waals surface area contributed by atoms with Gasteiger partial charge in [-0.2, -0.15) is 0 Å². The van der Waals surface area contributed by atoms with Crippen molar-refractivity contribution >= 4 is 35.2 Å². The monoisotopic (exact) mass is 287 g/mol. The van der Waals surface area contributed by atoms with Gasteiger partial charge in [-0.3, -0.25) is 0 Å². The largest absolute Gasteiger partial charge is 0.503 e. The van der Waals surface area contributed by atoms with Gasteiger partial charge in [-0.25, -0.2) is 0 Å². The van der Waals surface area contributed by atoms with Crippen LogP contribution in [0, 0.1) is 10.9 Å². The van der Waals surface area contributed by atoms with Crippen LogP contribution in [0.15, 0.2) is 12.1 Å². The summed E-state index contributed by atoms with van der Waals surface area (Å²) in [6.45, 7) is 1.94. The van der Waals surface area contributed by atoms with Crippen molar-refractivity contribution in [3.05, 3.63) is 26.8 Å². The van der Waals surface area contributed by atoms with Crippen molar-refractivity contribution in [3.63, 3.8) is 0 Å². The van der Waals surface area contributed by atoms with Gasteiger partial charge in [0.25, 0.3) is 0 Å². The predicted octanol–water partition coefficient (Wildman–Crippen LogP) is 4.15. The third-order valence-corrected chi connectivity index (χ3v) is 4.01. The fourth-order valence-corrected chi connectivity index (χ4v) is 2.98. The molecule has 0 saturated carbocycles. The molecule has 0 aliphatic carbocycles. The first kappa shape index (κ1) is 12.4. The molecule has 0 fully saturated rings. The van der Waals surface area contributed by atoms with Crippen molar-refractivity contribution in [2.24, 2.45) is 0 Å². The third kappa shape index (κ3) is 2.31. The van der Waals surface area contributed by atoms with E-state index in [4.69, 9.17) is 28.6 Å². The van der Waals surface area contributed by atoms with E-state index in [0.29, 0.717) is 9.70 Å². The first-order valence-electron chi connectivity index (χ1n) is 4.79. The number of hydrogen-bond acceptors (Lipinski definition) is 4. The third-order valence-electron chi connectivity index (χ3n) is 2.34. The summed E-state index contributed by atoms with van der Waals surface area (Å²) in [5.74, 6) is 0.306. The van der Waals surface area contributed by atoms with Gasteiger partial charge in [0.1, 0.15) is 0 Å². The van der Waals surface area contributed by atoms with Crippen LogP contribution < -0.4 is 4.74 Å². The van der Waals surface area contributed by atoms with Gasteiger partial charge in [-0.1, -0.05) is 11.6 Å². The molecule has 17 heavy (non-hydrogen) atoms. The number of phenols is 1. The van der Waals surface area contributed by atoms with Crippen LogP contribution in [0.1, 0.15) is 5.69 Å². The number of thiazole rings is 1. The Balaban J connectivity index is 2.64. The summed E-state index contributed by atoms with van der Waals surface area (Å²) in [6, 6.07) is 3.43. The summed E-state index contributed by atoms with van der Waals surface area (Å²) in [5.41, 5.74) is 1.85. The molecule has 0 bridgehead atoms. The quantitative estimate of drug-likeness (QED) is 0.816. The van der Waals surface area contributed by atoms with Gasteiger partial charge in [0.15, 0.2) is 15.5 Å². The van der Waals surface area contributed by atoms with Crippen molar-refractivity contribution in [2.45, 2.75) is 6.92 Å². The molecule has 2 rings (SSSR count). The van der Waals surface area contributed by atoms with E-state index in [2.05, 4.69) is 4.98 Å². The molecule has 0 aliphatic heterocycles. The Hall–Kier alpha value is -1.04. The van der Waals surface area contributed by atoms with Crippen LogP contribution in [-0.4, -0.2) is 17.2 Å². The molecule has 0 amide bonds. The minimum atomic E-state index is -0.0466. The number of ether oxygens (including phenoxy) is 1. The Labute approximate surface area is 113 Å². The zero-order valence-corrected chi connectivity index (χ0v) is 11.6. The molecule has 2 N–H and O–H groups in total. The first-order valence-corrected chi connectivity index (χ1v) is 6.39. The van der Waals surface area contributed by atoms with Crippen LogP contribution in [0.2, 0.25) is 5.02 Å². The number of aryl methyl sites for hydroxylation is 1. The van der Waals surface area contributed by atoms with Crippen molar-refractivity contribution in [2.75, 3.05) is 7.11 Å². The molecule has 0 radical (unpaired) electrons. The van der Waals surface area contributed by atoms with Crippen LogP contribution in [0.3, 0.4) is 0 Å². The fraction of sp³-hybridized carbons (Fsp3) is 0.182. The molecule has 1 aromatic heterocycles. The number of H-pyrrole nitrogens is 1. The maximum Gasteiger partial charge on any atom is 0.176 e. The van der Waals surface area contributed by atoms with Crippen LogP contribution in [0.5, 0.6) is 11.5 Å². The predicted molar refractivity (Wildman–Crippen MR) is 72.9 cm³/mol. The SMILES string of the molecule is COc1cc(-c2sc(=S)[nH]c2C)cc(Cl)c1O. The maximum atomic E-state index is 9.66. The highest BCUT2D eigenvalue weighted by molar-refractivity contribution is 7.73. The average Bonchev–Trinajstić information content (AvgIpc) is 2.61. The summed E-state index contributed by atoms with van der Waals surface area (Å²) in [7, 11) is 1.49. The lowest BCUT2D eigenvalue weighted by Crippen LogP contribution is -1.86. The highest BCUT2D eigenvalue weighted by atomic mass is 35.5. The number of benzene rings is 1. The van der Waals surface area contributed by atoms with Gasteiger partial charge in [-0.15, -0.1) is 11.3 Å². The van der Waals surface area contributed by atoms with Gasteiger partial charge >= 0.3 is 0 Å². The Morgan fingerprint density at radius 2 is 2.18 bits per heavy atom. The molecule has 3 nitrogen and oxygen atoms in total. The smallest absolute Gasteiger partial charge is 0.176 e. The zero-order chi connectivity index (χ0) is 12.6. The van der Waals surface area contributed by atoms with Crippen LogP contribution in [0.4, 0.5) is 0 Å². The van der Waals surface area contributed by atoms with E-state index in [9.17, 15) is 5.11 Å². The number of rotatable bonds is 2. The Kier molecular flexibility index (Phi) is 3.42. The van der Waals surface area contributed by atoms with Crippen LogP contribution >= 0.6 is 35.2 Å². The molecule has 6 heteroatoms. The lowest BCUT2D eigenvalue weighted by Gasteiger charge is -2.08. The van der Waals surface area contributed by atoms with Crippen LogP contribution in [-0.2, 0) is 0 Å². The molecule has 0 unspecified atom stereocenters. The van der Waals surface area contributed by atoms with Gasteiger partial charge in [0.05, 0.1) is 17.0 Å². The highest BCUT2D eigenvalue weighted by Gasteiger charge is 2.12. The molecule has 0 spiro atoms. The molecular weight excluding hydrogens is 278 g/mol. The number of halogens is 1. The number of hydrogen-bond donors (Lipinski definition) is 2. The summed E-state index contributed by atoms with van der Waals surface area (Å²) < 4.78 is 5.78. The van der Waals surface area contributed by atoms with Crippen molar-refractivity contribution in [1.82, 2.24) is 4.98 Å². The molecular formula is C11H10ClNO2S2. The molecule has 1 heterocycles. The highest BCUT2D eigenvalue weighted by Crippen LogP contribution is 2.40. The molecule has 0 aliphatic rings. The molecule has 2 aromatic rings. The van der Waals surface area contributed by atoms with E-state index in [0.717, 1.165) is 16.1 Å². The van der Waals surface area contributed by atoms with Crippen molar-refractivity contribution in [3.8, 4) is 21.9 Å². The van der Waals surface area contributed by atoms with E-state index in [1.54, 1.807) is 12.1 Å². The normalized spacial score (nSPS) is 10.5. The molecule has 0 saturated heterocycles.